The van der Waals surface area contributed by atoms with E-state index in [2.05, 4.69) is 26.3 Å². The Balaban J connectivity index is 1.50. The highest BCUT2D eigenvalue weighted by molar-refractivity contribution is 9.10. The van der Waals surface area contributed by atoms with E-state index in [0.717, 1.165) is 5.56 Å². The Labute approximate surface area is 173 Å². The van der Waals surface area contributed by atoms with Crippen LogP contribution in [-0.4, -0.2) is 22.5 Å². The predicted molar refractivity (Wildman–Crippen MR) is 106 cm³/mol. The lowest BCUT2D eigenvalue weighted by molar-refractivity contribution is 0.102. The molecule has 138 valence electrons. The molecule has 4 rings (SSSR count). The van der Waals surface area contributed by atoms with E-state index in [4.69, 9.17) is 32.7 Å². The molecule has 9 heteroatoms. The molecule has 6 nitrogen and oxygen atoms in total. The van der Waals surface area contributed by atoms with Crippen molar-refractivity contribution in [1.82, 2.24) is 9.78 Å². The van der Waals surface area contributed by atoms with E-state index in [-0.39, 0.29) is 12.7 Å². The third kappa shape index (κ3) is 3.90. The number of rotatable bonds is 4. The Bertz CT molecular complexity index is 1040. The van der Waals surface area contributed by atoms with Crippen LogP contribution >= 0.6 is 39.1 Å². The molecule has 1 N–H and O–H groups in total. The summed E-state index contributed by atoms with van der Waals surface area (Å²) < 4.78 is 12.9. The second kappa shape index (κ2) is 7.42. The summed E-state index contributed by atoms with van der Waals surface area (Å²) in [5.74, 6) is 1.27. The van der Waals surface area contributed by atoms with Gasteiger partial charge in [-0.2, -0.15) is 5.10 Å². The van der Waals surface area contributed by atoms with Gasteiger partial charge < -0.3 is 14.8 Å². The van der Waals surface area contributed by atoms with E-state index in [1.54, 1.807) is 41.2 Å². The standard InChI is InChI=1S/C18H12BrCl2N3O3/c19-13-8-24(7-11-1-3-12(20)6-14(11)21)23-17(13)22-18(25)10-2-4-15-16(5-10)27-9-26-15/h1-6,8H,7,9H2,(H,22,23,25). The molecule has 0 bridgehead atoms. The lowest BCUT2D eigenvalue weighted by Crippen LogP contribution is -2.13. The van der Waals surface area contributed by atoms with Crippen molar-refractivity contribution in [3.05, 3.63) is 68.2 Å². The van der Waals surface area contributed by atoms with Gasteiger partial charge in [0.2, 0.25) is 6.79 Å². The van der Waals surface area contributed by atoms with Gasteiger partial charge in [-0.3, -0.25) is 9.48 Å². The number of benzene rings is 2. The van der Waals surface area contributed by atoms with Crippen molar-refractivity contribution in [1.29, 1.82) is 0 Å². The molecular weight excluding hydrogens is 457 g/mol. The Morgan fingerprint density at radius 2 is 2.00 bits per heavy atom. The van der Waals surface area contributed by atoms with Gasteiger partial charge in [-0.1, -0.05) is 29.3 Å². The Morgan fingerprint density at radius 3 is 2.81 bits per heavy atom. The average molecular weight is 469 g/mol. The maximum absolute atomic E-state index is 12.5. The van der Waals surface area contributed by atoms with E-state index in [9.17, 15) is 4.79 Å². The zero-order valence-electron chi connectivity index (χ0n) is 13.7. The molecule has 2 aromatic carbocycles. The van der Waals surface area contributed by atoms with E-state index in [1.165, 1.54) is 0 Å². The van der Waals surface area contributed by atoms with Crippen LogP contribution < -0.4 is 14.8 Å². The van der Waals surface area contributed by atoms with Crippen LogP contribution in [0.25, 0.3) is 0 Å². The molecule has 1 aliphatic heterocycles. The number of halogens is 3. The maximum Gasteiger partial charge on any atom is 0.257 e. The lowest BCUT2D eigenvalue weighted by Gasteiger charge is -2.06. The molecule has 1 aliphatic rings. The Morgan fingerprint density at radius 1 is 1.19 bits per heavy atom. The van der Waals surface area contributed by atoms with Gasteiger partial charge in [0.05, 0.1) is 11.0 Å². The van der Waals surface area contributed by atoms with Crippen molar-refractivity contribution in [3.63, 3.8) is 0 Å². The summed E-state index contributed by atoms with van der Waals surface area (Å²) in [6, 6.07) is 10.3. The quantitative estimate of drug-likeness (QED) is 0.586. The topological polar surface area (TPSA) is 65.4 Å². The summed E-state index contributed by atoms with van der Waals surface area (Å²) in [5, 5.41) is 8.30. The summed E-state index contributed by atoms with van der Waals surface area (Å²) >= 11 is 15.5. The molecule has 0 spiro atoms. The monoisotopic (exact) mass is 467 g/mol. The van der Waals surface area contributed by atoms with Crippen LogP contribution in [-0.2, 0) is 6.54 Å². The highest BCUT2D eigenvalue weighted by Crippen LogP contribution is 2.33. The van der Waals surface area contributed by atoms with Crippen LogP contribution in [0, 0.1) is 0 Å². The smallest absolute Gasteiger partial charge is 0.257 e. The normalized spacial score (nSPS) is 12.3. The molecule has 0 atom stereocenters. The summed E-state index contributed by atoms with van der Waals surface area (Å²) in [6.45, 7) is 0.595. The number of hydrogen-bond acceptors (Lipinski definition) is 4. The molecule has 0 radical (unpaired) electrons. The first-order chi connectivity index (χ1) is 13.0. The lowest BCUT2D eigenvalue weighted by atomic mass is 10.2. The molecule has 0 aliphatic carbocycles. The molecule has 3 aromatic rings. The van der Waals surface area contributed by atoms with E-state index in [1.807, 2.05) is 6.07 Å². The number of amides is 1. The number of hydrogen-bond donors (Lipinski definition) is 1. The molecule has 2 heterocycles. The van der Waals surface area contributed by atoms with Gasteiger partial charge in [-0.15, -0.1) is 0 Å². The zero-order chi connectivity index (χ0) is 19.0. The summed E-state index contributed by atoms with van der Waals surface area (Å²) in [4.78, 5) is 12.5. The Kier molecular flexibility index (Phi) is 4.99. The molecule has 1 amide bonds. The fraction of sp³-hybridized carbons (Fsp3) is 0.111. The van der Waals surface area contributed by atoms with Crippen LogP contribution in [0.1, 0.15) is 15.9 Å². The van der Waals surface area contributed by atoms with Crippen molar-refractivity contribution in [2.45, 2.75) is 6.54 Å². The van der Waals surface area contributed by atoms with Gasteiger partial charge in [-0.05, 0) is 51.8 Å². The van der Waals surface area contributed by atoms with Crippen molar-refractivity contribution in [2.24, 2.45) is 0 Å². The second-order valence-electron chi connectivity index (χ2n) is 5.78. The SMILES string of the molecule is O=C(Nc1nn(Cc2ccc(Cl)cc2Cl)cc1Br)c1ccc2c(c1)OCO2. The first kappa shape index (κ1) is 18.2. The number of nitrogens with one attached hydrogen (secondary N) is 1. The number of ether oxygens (including phenoxy) is 2. The van der Waals surface area contributed by atoms with E-state index >= 15 is 0 Å². The molecule has 0 saturated heterocycles. The number of nitrogens with zero attached hydrogens (tertiary/aromatic N) is 2. The van der Waals surface area contributed by atoms with Gasteiger partial charge in [0.25, 0.3) is 5.91 Å². The van der Waals surface area contributed by atoms with Gasteiger partial charge in [0.15, 0.2) is 17.3 Å². The van der Waals surface area contributed by atoms with Crippen molar-refractivity contribution < 1.29 is 14.3 Å². The first-order valence-corrected chi connectivity index (χ1v) is 9.42. The number of carbonyl (C=O) groups is 1. The van der Waals surface area contributed by atoms with Crippen LogP contribution in [0.3, 0.4) is 0 Å². The van der Waals surface area contributed by atoms with E-state index < -0.39 is 0 Å². The number of fused-ring (bicyclic) bond motifs is 1. The maximum atomic E-state index is 12.5. The fourth-order valence-electron chi connectivity index (χ4n) is 2.60. The first-order valence-electron chi connectivity index (χ1n) is 7.87. The van der Waals surface area contributed by atoms with Crippen LogP contribution in [0.2, 0.25) is 10.0 Å². The van der Waals surface area contributed by atoms with Crippen LogP contribution in [0.4, 0.5) is 5.82 Å². The van der Waals surface area contributed by atoms with Gasteiger partial charge in [0, 0.05) is 21.8 Å². The second-order valence-corrected chi connectivity index (χ2v) is 7.48. The van der Waals surface area contributed by atoms with Crippen LogP contribution in [0.15, 0.2) is 47.1 Å². The molecule has 27 heavy (non-hydrogen) atoms. The van der Waals surface area contributed by atoms with E-state index in [0.29, 0.717) is 43.9 Å². The molecule has 1 aromatic heterocycles. The predicted octanol–water partition coefficient (Wildman–Crippen LogP) is 4.98. The molecule has 0 unspecified atom stereocenters. The minimum atomic E-state index is -0.302. The van der Waals surface area contributed by atoms with Crippen LogP contribution in [0.5, 0.6) is 11.5 Å². The van der Waals surface area contributed by atoms with Gasteiger partial charge in [0.1, 0.15) is 0 Å². The fourth-order valence-corrected chi connectivity index (χ4v) is 3.49. The highest BCUT2D eigenvalue weighted by atomic mass is 79.9. The third-order valence-corrected chi connectivity index (χ3v) is 5.10. The summed E-state index contributed by atoms with van der Waals surface area (Å²) in [7, 11) is 0. The minimum absolute atomic E-state index is 0.156. The van der Waals surface area contributed by atoms with Crippen molar-refractivity contribution in [2.75, 3.05) is 12.1 Å². The minimum Gasteiger partial charge on any atom is -0.454 e. The molecular formula is C18H12BrCl2N3O3. The highest BCUT2D eigenvalue weighted by Gasteiger charge is 2.18. The summed E-state index contributed by atoms with van der Waals surface area (Å²) in [5.41, 5.74) is 1.31. The summed E-state index contributed by atoms with van der Waals surface area (Å²) in [6.07, 6.45) is 1.76. The number of aromatic nitrogens is 2. The van der Waals surface area contributed by atoms with Crippen molar-refractivity contribution in [3.8, 4) is 11.5 Å². The number of carbonyl (C=O) groups excluding carboxylic acids is 1. The largest absolute Gasteiger partial charge is 0.454 e. The Hall–Kier alpha value is -2.22. The van der Waals surface area contributed by atoms with Gasteiger partial charge in [-0.25, -0.2) is 0 Å². The third-order valence-electron chi connectivity index (χ3n) is 3.93. The zero-order valence-corrected chi connectivity index (χ0v) is 16.8. The van der Waals surface area contributed by atoms with Crippen molar-refractivity contribution >= 4 is 50.9 Å². The molecule has 0 fully saturated rings. The average Bonchev–Trinajstić information content (AvgIpc) is 3.23. The number of anilines is 1. The van der Waals surface area contributed by atoms with Gasteiger partial charge >= 0.3 is 0 Å². The molecule has 0 saturated carbocycles.